The Morgan fingerprint density at radius 3 is 3.03 bits per heavy atom. The molecule has 1 saturated heterocycles. The number of morpholine rings is 1. The zero-order chi connectivity index (χ0) is 21.3. The number of amides is 1. The molecule has 1 aromatic carbocycles. The second kappa shape index (κ2) is 8.75. The lowest BCUT2D eigenvalue weighted by Crippen LogP contribution is -2.36. The highest BCUT2D eigenvalue weighted by atomic mass is 32.2. The number of aromatic nitrogens is 2. The number of nitrogens with zero attached hydrogens (tertiary/aromatic N) is 3. The summed E-state index contributed by atoms with van der Waals surface area (Å²) in [5.74, 6) is -0.584. The Bertz CT molecular complexity index is 1080. The van der Waals surface area contributed by atoms with Crippen molar-refractivity contribution in [3.8, 4) is 0 Å². The first-order valence-electron chi connectivity index (χ1n) is 9.95. The number of hydrogen-bond donors (Lipinski definition) is 1. The summed E-state index contributed by atoms with van der Waals surface area (Å²) >= 11 is 1.65. The number of halogens is 1. The van der Waals surface area contributed by atoms with E-state index in [4.69, 9.17) is 4.74 Å². The van der Waals surface area contributed by atoms with E-state index < -0.39 is 0 Å². The third kappa shape index (κ3) is 4.21. The van der Waals surface area contributed by atoms with Gasteiger partial charge < -0.3 is 14.6 Å². The molecule has 6 nitrogen and oxygen atoms in total. The summed E-state index contributed by atoms with van der Waals surface area (Å²) in [5.41, 5.74) is 2.72. The van der Waals surface area contributed by atoms with E-state index in [1.807, 2.05) is 30.7 Å². The van der Waals surface area contributed by atoms with Crippen LogP contribution in [0.1, 0.15) is 28.7 Å². The van der Waals surface area contributed by atoms with Crippen molar-refractivity contribution in [2.24, 2.45) is 7.05 Å². The first-order valence-corrected chi connectivity index (χ1v) is 10.7. The molecule has 1 aliphatic heterocycles. The topological polar surface area (TPSA) is 59.4 Å². The molecule has 3 heterocycles. The molecule has 30 heavy (non-hydrogen) atoms. The van der Waals surface area contributed by atoms with E-state index >= 15 is 0 Å². The predicted molar refractivity (Wildman–Crippen MR) is 116 cm³/mol. The fraction of sp³-hybridized carbons (Fsp3) is 0.364. The van der Waals surface area contributed by atoms with E-state index in [1.54, 1.807) is 30.3 Å². The SMILES string of the molecule is Cc1c(SN2CCOC(C)C2)cc(C(=O)NCc2c(F)ccc3ncccc23)n1C. The van der Waals surface area contributed by atoms with Crippen LogP contribution in [0.5, 0.6) is 0 Å². The average molecular weight is 429 g/mol. The maximum atomic E-state index is 14.4. The van der Waals surface area contributed by atoms with Crippen molar-refractivity contribution < 1.29 is 13.9 Å². The standard InChI is InChI=1S/C22H25FN4O2S/c1-14-13-27(9-10-29-14)30-21-11-20(26(3)15(21)2)22(28)25-12-17-16-5-4-8-24-19(16)7-6-18(17)23/h4-8,11,14H,9-10,12-13H2,1-3H3,(H,25,28). The molecule has 1 fully saturated rings. The number of hydrogen-bond acceptors (Lipinski definition) is 5. The molecule has 1 atom stereocenters. The molecule has 0 radical (unpaired) electrons. The highest BCUT2D eigenvalue weighted by Crippen LogP contribution is 2.30. The van der Waals surface area contributed by atoms with Gasteiger partial charge in [0.25, 0.3) is 5.91 Å². The van der Waals surface area contributed by atoms with Crippen molar-refractivity contribution in [1.29, 1.82) is 0 Å². The summed E-state index contributed by atoms with van der Waals surface area (Å²) in [7, 11) is 1.87. The van der Waals surface area contributed by atoms with Crippen LogP contribution in [0.2, 0.25) is 0 Å². The van der Waals surface area contributed by atoms with Crippen molar-refractivity contribution in [1.82, 2.24) is 19.2 Å². The zero-order valence-corrected chi connectivity index (χ0v) is 18.1. The van der Waals surface area contributed by atoms with Crippen LogP contribution in [0.4, 0.5) is 4.39 Å². The van der Waals surface area contributed by atoms with E-state index in [0.717, 1.165) is 23.7 Å². The summed E-state index contributed by atoms with van der Waals surface area (Å²) in [6.45, 7) is 6.55. The smallest absolute Gasteiger partial charge is 0.268 e. The number of nitrogens with one attached hydrogen (secondary N) is 1. The summed E-state index contributed by atoms with van der Waals surface area (Å²) in [5, 5.41) is 3.58. The molecule has 4 rings (SSSR count). The lowest BCUT2D eigenvalue weighted by molar-refractivity contribution is 0.0134. The van der Waals surface area contributed by atoms with Crippen molar-refractivity contribution in [3.05, 3.63) is 59.3 Å². The van der Waals surface area contributed by atoms with Gasteiger partial charge in [-0.2, -0.15) is 0 Å². The fourth-order valence-electron chi connectivity index (χ4n) is 3.62. The number of carbonyl (C=O) groups excluding carboxylic acids is 1. The minimum Gasteiger partial charge on any atom is -0.376 e. The second-order valence-corrected chi connectivity index (χ2v) is 8.62. The predicted octanol–water partition coefficient (Wildman–Crippen LogP) is 3.68. The first kappa shape index (κ1) is 20.8. The molecular weight excluding hydrogens is 403 g/mol. The number of ether oxygens (including phenoxy) is 1. The summed E-state index contributed by atoms with van der Waals surface area (Å²) < 4.78 is 24.1. The fourth-order valence-corrected chi connectivity index (χ4v) is 4.78. The number of fused-ring (bicyclic) bond motifs is 1. The molecule has 1 aliphatic rings. The number of carbonyl (C=O) groups is 1. The van der Waals surface area contributed by atoms with Crippen molar-refractivity contribution >= 4 is 28.8 Å². The van der Waals surface area contributed by atoms with Crippen LogP contribution in [0.25, 0.3) is 10.9 Å². The summed E-state index contributed by atoms with van der Waals surface area (Å²) in [6, 6.07) is 8.52. The maximum Gasteiger partial charge on any atom is 0.268 e. The van der Waals surface area contributed by atoms with Crippen molar-refractivity contribution in [2.75, 3.05) is 19.7 Å². The summed E-state index contributed by atoms with van der Waals surface area (Å²) in [4.78, 5) is 18.2. The van der Waals surface area contributed by atoms with E-state index in [-0.39, 0.29) is 24.4 Å². The molecular formula is C22H25FN4O2S. The molecule has 2 aromatic heterocycles. The van der Waals surface area contributed by atoms with Crippen LogP contribution in [-0.2, 0) is 18.3 Å². The van der Waals surface area contributed by atoms with Crippen LogP contribution in [0.15, 0.2) is 41.4 Å². The minimum absolute atomic E-state index is 0.0986. The minimum atomic E-state index is -0.350. The Kier molecular flexibility index (Phi) is 6.08. The second-order valence-electron chi connectivity index (χ2n) is 7.48. The van der Waals surface area contributed by atoms with Gasteiger partial charge >= 0.3 is 0 Å². The van der Waals surface area contributed by atoms with Crippen LogP contribution in [0.3, 0.4) is 0 Å². The lowest BCUT2D eigenvalue weighted by atomic mass is 10.1. The molecule has 3 aromatic rings. The molecule has 0 bridgehead atoms. The quantitative estimate of drug-likeness (QED) is 0.629. The van der Waals surface area contributed by atoms with E-state index in [9.17, 15) is 9.18 Å². The third-order valence-corrected chi connectivity index (χ3v) is 6.62. The molecule has 1 N–H and O–H groups in total. The highest BCUT2D eigenvalue weighted by molar-refractivity contribution is 7.97. The number of rotatable bonds is 5. The Balaban J connectivity index is 1.50. The highest BCUT2D eigenvalue weighted by Gasteiger charge is 2.22. The van der Waals surface area contributed by atoms with E-state index in [0.29, 0.717) is 28.8 Å². The Morgan fingerprint density at radius 1 is 1.40 bits per heavy atom. The van der Waals surface area contributed by atoms with Gasteiger partial charge in [-0.3, -0.25) is 9.78 Å². The average Bonchev–Trinajstić information content (AvgIpc) is 3.01. The molecule has 0 aliphatic carbocycles. The molecule has 1 unspecified atom stereocenters. The van der Waals surface area contributed by atoms with Crippen LogP contribution < -0.4 is 5.32 Å². The molecule has 1 amide bonds. The van der Waals surface area contributed by atoms with Crippen LogP contribution in [0, 0.1) is 12.7 Å². The Morgan fingerprint density at radius 2 is 2.23 bits per heavy atom. The Labute approximate surface area is 179 Å². The van der Waals surface area contributed by atoms with Gasteiger partial charge in [-0.05, 0) is 50.1 Å². The lowest BCUT2D eigenvalue weighted by Gasteiger charge is -2.29. The van der Waals surface area contributed by atoms with Gasteiger partial charge in [-0.25, -0.2) is 8.70 Å². The molecule has 158 valence electrons. The molecule has 0 saturated carbocycles. The van der Waals surface area contributed by atoms with Gasteiger partial charge in [0.2, 0.25) is 0 Å². The van der Waals surface area contributed by atoms with Crippen molar-refractivity contribution in [3.63, 3.8) is 0 Å². The zero-order valence-electron chi connectivity index (χ0n) is 17.3. The van der Waals surface area contributed by atoms with Crippen molar-refractivity contribution in [2.45, 2.75) is 31.4 Å². The van der Waals surface area contributed by atoms with Gasteiger partial charge in [0.15, 0.2) is 0 Å². The van der Waals surface area contributed by atoms with E-state index in [1.165, 1.54) is 6.07 Å². The first-order chi connectivity index (χ1) is 14.4. The third-order valence-electron chi connectivity index (χ3n) is 5.42. The molecule has 0 spiro atoms. The van der Waals surface area contributed by atoms with Gasteiger partial charge in [0.1, 0.15) is 11.5 Å². The van der Waals surface area contributed by atoms with Crippen LogP contribution in [-0.4, -0.2) is 45.6 Å². The monoisotopic (exact) mass is 428 g/mol. The normalized spacial score (nSPS) is 17.4. The molecule has 8 heteroatoms. The van der Waals surface area contributed by atoms with Crippen LogP contribution >= 0.6 is 11.9 Å². The Hall–Kier alpha value is -2.42. The van der Waals surface area contributed by atoms with Gasteiger partial charge in [0, 0.05) is 54.4 Å². The number of benzene rings is 1. The summed E-state index contributed by atoms with van der Waals surface area (Å²) in [6.07, 6.45) is 1.87. The van der Waals surface area contributed by atoms with Gasteiger partial charge in [0.05, 0.1) is 18.2 Å². The number of pyridine rings is 1. The largest absolute Gasteiger partial charge is 0.376 e. The van der Waals surface area contributed by atoms with Gasteiger partial charge in [-0.15, -0.1) is 0 Å². The van der Waals surface area contributed by atoms with E-state index in [2.05, 4.69) is 21.5 Å². The maximum absolute atomic E-state index is 14.4. The van der Waals surface area contributed by atoms with Gasteiger partial charge in [-0.1, -0.05) is 6.07 Å².